The topological polar surface area (TPSA) is 29.3 Å². The van der Waals surface area contributed by atoms with E-state index >= 15 is 0 Å². The van der Waals surface area contributed by atoms with Crippen LogP contribution in [-0.4, -0.2) is 25.0 Å². The van der Waals surface area contributed by atoms with E-state index in [0.29, 0.717) is 0 Å². The van der Waals surface area contributed by atoms with Crippen molar-refractivity contribution < 1.29 is 0 Å². The van der Waals surface area contributed by atoms with Crippen molar-refractivity contribution in [3.05, 3.63) is 52.2 Å². The van der Waals surface area contributed by atoms with Crippen LogP contribution in [-0.2, 0) is 12.8 Å². The molecule has 2 aromatic rings. The Labute approximate surface area is 113 Å². The lowest BCUT2D eigenvalue weighted by molar-refractivity contribution is 0.344. The number of thiophene rings is 1. The first-order valence-corrected chi connectivity index (χ1v) is 7.17. The second-order valence-electron chi connectivity index (χ2n) is 4.62. The predicted molar refractivity (Wildman–Crippen MR) is 80.1 cm³/mol. The van der Waals surface area contributed by atoms with E-state index in [4.69, 9.17) is 5.73 Å². The summed E-state index contributed by atoms with van der Waals surface area (Å²) in [6.45, 7) is 2.21. The fraction of sp³-hybridized carbons (Fsp3) is 0.333. The quantitative estimate of drug-likeness (QED) is 0.809. The molecule has 1 aromatic carbocycles. The largest absolute Gasteiger partial charge is 0.399 e. The molecule has 3 heteroatoms. The van der Waals surface area contributed by atoms with E-state index in [0.717, 1.165) is 31.6 Å². The molecular weight excluding hydrogens is 240 g/mol. The van der Waals surface area contributed by atoms with E-state index in [-0.39, 0.29) is 0 Å². The van der Waals surface area contributed by atoms with Gasteiger partial charge in [-0.2, -0.15) is 0 Å². The maximum atomic E-state index is 5.68. The number of nitrogens with zero attached hydrogens (tertiary/aromatic N) is 1. The van der Waals surface area contributed by atoms with Gasteiger partial charge in [0.1, 0.15) is 0 Å². The molecule has 0 atom stereocenters. The van der Waals surface area contributed by atoms with E-state index < -0.39 is 0 Å². The number of hydrogen-bond donors (Lipinski definition) is 1. The molecule has 0 unspecified atom stereocenters. The molecule has 0 saturated heterocycles. The lowest BCUT2D eigenvalue weighted by atomic mass is 10.1. The van der Waals surface area contributed by atoms with Crippen LogP contribution in [0.2, 0.25) is 0 Å². The van der Waals surface area contributed by atoms with Gasteiger partial charge in [-0.05, 0) is 49.0 Å². The molecule has 2 N–H and O–H groups in total. The second kappa shape index (κ2) is 6.57. The highest BCUT2D eigenvalue weighted by molar-refractivity contribution is 7.09. The van der Waals surface area contributed by atoms with E-state index in [2.05, 4.69) is 41.6 Å². The molecule has 0 aliphatic carbocycles. The van der Waals surface area contributed by atoms with Gasteiger partial charge in [0.15, 0.2) is 0 Å². The molecule has 0 fully saturated rings. The number of benzene rings is 1. The molecule has 2 rings (SSSR count). The van der Waals surface area contributed by atoms with Gasteiger partial charge in [-0.15, -0.1) is 11.3 Å². The Morgan fingerprint density at radius 3 is 2.44 bits per heavy atom. The first kappa shape index (κ1) is 13.1. The van der Waals surface area contributed by atoms with Crippen LogP contribution in [0.1, 0.15) is 10.4 Å². The van der Waals surface area contributed by atoms with Crippen molar-refractivity contribution in [3.8, 4) is 0 Å². The summed E-state index contributed by atoms with van der Waals surface area (Å²) >= 11 is 1.84. The Morgan fingerprint density at radius 2 is 1.78 bits per heavy atom. The van der Waals surface area contributed by atoms with Gasteiger partial charge in [-0.25, -0.2) is 0 Å². The van der Waals surface area contributed by atoms with Crippen LogP contribution in [0.25, 0.3) is 0 Å². The average molecular weight is 260 g/mol. The van der Waals surface area contributed by atoms with Gasteiger partial charge in [0.05, 0.1) is 0 Å². The zero-order valence-electron chi connectivity index (χ0n) is 10.8. The van der Waals surface area contributed by atoms with Crippen molar-refractivity contribution in [1.29, 1.82) is 0 Å². The molecule has 0 bridgehead atoms. The number of rotatable bonds is 6. The van der Waals surface area contributed by atoms with Crippen molar-refractivity contribution in [2.24, 2.45) is 0 Å². The van der Waals surface area contributed by atoms with Crippen LogP contribution in [0, 0.1) is 0 Å². The van der Waals surface area contributed by atoms with Gasteiger partial charge in [0, 0.05) is 23.7 Å². The SMILES string of the molecule is CN(CCc1ccc(N)cc1)CCc1cccs1. The molecule has 18 heavy (non-hydrogen) atoms. The van der Waals surface area contributed by atoms with Crippen LogP contribution in [0.5, 0.6) is 0 Å². The number of nitrogens with two attached hydrogens (primary N) is 1. The monoisotopic (exact) mass is 260 g/mol. The van der Waals surface area contributed by atoms with Crippen LogP contribution in [0.15, 0.2) is 41.8 Å². The Bertz CT molecular complexity index is 448. The highest BCUT2D eigenvalue weighted by atomic mass is 32.1. The highest BCUT2D eigenvalue weighted by Crippen LogP contribution is 2.10. The molecule has 0 amide bonds. The predicted octanol–water partition coefficient (Wildman–Crippen LogP) is 3.05. The molecule has 96 valence electrons. The third-order valence-corrected chi connectivity index (χ3v) is 4.02. The molecular formula is C15H20N2S. The molecule has 0 radical (unpaired) electrons. The van der Waals surface area contributed by atoms with Crippen molar-refractivity contribution >= 4 is 17.0 Å². The molecule has 0 aliphatic heterocycles. The molecule has 0 spiro atoms. The minimum atomic E-state index is 0.838. The normalized spacial score (nSPS) is 11.0. The molecule has 1 aromatic heterocycles. The fourth-order valence-electron chi connectivity index (χ4n) is 1.87. The lowest BCUT2D eigenvalue weighted by Gasteiger charge is -2.16. The number of nitrogen functional groups attached to an aromatic ring is 1. The Hall–Kier alpha value is -1.32. The number of hydrogen-bond acceptors (Lipinski definition) is 3. The maximum Gasteiger partial charge on any atom is 0.0314 e. The summed E-state index contributed by atoms with van der Waals surface area (Å²) in [5.41, 5.74) is 7.87. The van der Waals surface area contributed by atoms with E-state index in [1.54, 1.807) is 0 Å². The third kappa shape index (κ3) is 4.17. The second-order valence-corrected chi connectivity index (χ2v) is 5.66. The van der Waals surface area contributed by atoms with Crippen molar-refractivity contribution in [1.82, 2.24) is 4.90 Å². The van der Waals surface area contributed by atoms with Gasteiger partial charge >= 0.3 is 0 Å². The van der Waals surface area contributed by atoms with Crippen molar-refractivity contribution in [3.63, 3.8) is 0 Å². The zero-order chi connectivity index (χ0) is 12.8. The Balaban J connectivity index is 1.71. The van der Waals surface area contributed by atoms with Crippen molar-refractivity contribution in [2.45, 2.75) is 12.8 Å². The number of anilines is 1. The zero-order valence-corrected chi connectivity index (χ0v) is 11.6. The van der Waals surface area contributed by atoms with Crippen molar-refractivity contribution in [2.75, 3.05) is 25.9 Å². The molecule has 0 aliphatic rings. The minimum absolute atomic E-state index is 0.838. The van der Waals surface area contributed by atoms with Crippen LogP contribution >= 0.6 is 11.3 Å². The maximum absolute atomic E-state index is 5.68. The summed E-state index contributed by atoms with van der Waals surface area (Å²) < 4.78 is 0. The van der Waals surface area contributed by atoms with E-state index in [1.807, 2.05) is 23.5 Å². The van der Waals surface area contributed by atoms with Gasteiger partial charge in [-0.1, -0.05) is 18.2 Å². The van der Waals surface area contributed by atoms with Gasteiger partial charge in [-0.3, -0.25) is 0 Å². The Morgan fingerprint density at radius 1 is 1.06 bits per heavy atom. The summed E-state index contributed by atoms with van der Waals surface area (Å²) in [5.74, 6) is 0. The summed E-state index contributed by atoms with van der Waals surface area (Å²) in [5, 5.41) is 2.14. The fourth-order valence-corrected chi connectivity index (χ4v) is 2.57. The summed E-state index contributed by atoms with van der Waals surface area (Å²) in [6, 6.07) is 12.5. The standard InChI is InChI=1S/C15H20N2S/c1-17(11-9-15-3-2-12-18-15)10-8-13-4-6-14(16)7-5-13/h2-7,12H,8-11,16H2,1H3. The Kier molecular flexibility index (Phi) is 4.79. The smallest absolute Gasteiger partial charge is 0.0314 e. The summed E-state index contributed by atoms with van der Waals surface area (Å²) in [6.07, 6.45) is 2.23. The molecule has 1 heterocycles. The van der Waals surface area contributed by atoms with E-state index in [1.165, 1.54) is 10.4 Å². The summed E-state index contributed by atoms with van der Waals surface area (Å²) in [4.78, 5) is 3.85. The highest BCUT2D eigenvalue weighted by Gasteiger charge is 2.01. The van der Waals surface area contributed by atoms with Gasteiger partial charge < -0.3 is 10.6 Å². The first-order chi connectivity index (χ1) is 8.74. The number of likely N-dealkylation sites (N-methyl/N-ethyl adjacent to an activating group) is 1. The van der Waals surface area contributed by atoms with Crippen LogP contribution in [0.4, 0.5) is 5.69 Å². The minimum Gasteiger partial charge on any atom is -0.399 e. The summed E-state index contributed by atoms with van der Waals surface area (Å²) in [7, 11) is 2.19. The average Bonchev–Trinajstić information content (AvgIpc) is 2.89. The van der Waals surface area contributed by atoms with Gasteiger partial charge in [0.25, 0.3) is 0 Å². The molecule has 2 nitrogen and oxygen atoms in total. The van der Waals surface area contributed by atoms with Gasteiger partial charge in [0.2, 0.25) is 0 Å². The van der Waals surface area contributed by atoms with Crippen LogP contribution < -0.4 is 5.73 Å². The lowest BCUT2D eigenvalue weighted by Crippen LogP contribution is -2.23. The first-order valence-electron chi connectivity index (χ1n) is 6.29. The van der Waals surface area contributed by atoms with Crippen LogP contribution in [0.3, 0.4) is 0 Å². The van der Waals surface area contributed by atoms with E-state index in [9.17, 15) is 0 Å². The molecule has 0 saturated carbocycles. The third-order valence-electron chi connectivity index (χ3n) is 3.08.